The van der Waals surface area contributed by atoms with E-state index in [2.05, 4.69) is 141 Å². The molecule has 1 unspecified atom stereocenters. The molecule has 10 rings (SSSR count). The Morgan fingerprint density at radius 2 is 0.927 bits per heavy atom. The fraction of sp³-hybridized carbons (Fsp3) is 0.0784. The lowest BCUT2D eigenvalue weighted by atomic mass is 9.80. The molecular formula is C51H38N4. The number of aromatic nitrogens is 3. The minimum Gasteiger partial charge on any atom is -0.374 e. The van der Waals surface area contributed by atoms with Gasteiger partial charge in [0.2, 0.25) is 0 Å². The Balaban J connectivity index is 1.08. The topological polar surface area (TPSA) is 50.7 Å². The van der Waals surface area contributed by atoms with Crippen LogP contribution in [0.1, 0.15) is 47.7 Å². The van der Waals surface area contributed by atoms with Crippen molar-refractivity contribution in [3.8, 4) is 56.4 Å². The maximum absolute atomic E-state index is 5.00. The van der Waals surface area contributed by atoms with Crippen molar-refractivity contribution >= 4 is 11.3 Å². The Morgan fingerprint density at radius 3 is 1.58 bits per heavy atom. The van der Waals surface area contributed by atoms with E-state index in [1.54, 1.807) is 0 Å². The SMILES string of the molecule is CC1(C)c2ccccc2-c2cc3c(cc21)NC(c1ccccc1)C=C3c1cccc(-c2cccc(-c3nc(-c4ccccc4)nc(-c4ccccc4)n3)c2)c1. The standard InChI is InChI=1S/C51H38N4/c1-51(2)44-27-13-12-26-40(44)42-30-43-41(31-46(33-16-6-3-7-17-33)52-47(43)32-45(42)51)38-24-14-22-36(28-38)37-23-15-25-39(29-37)50-54-48(34-18-8-4-9-19-34)53-49(55-50)35-20-10-5-11-21-35/h3-32,46,52H,1-2H3. The van der Waals surface area contributed by atoms with Crippen molar-refractivity contribution in [2.75, 3.05) is 5.32 Å². The summed E-state index contributed by atoms with van der Waals surface area (Å²) in [6.07, 6.45) is 2.40. The Kier molecular flexibility index (Phi) is 7.85. The predicted molar refractivity (Wildman–Crippen MR) is 225 cm³/mol. The van der Waals surface area contributed by atoms with E-state index in [1.807, 2.05) is 60.7 Å². The van der Waals surface area contributed by atoms with Crippen molar-refractivity contribution in [1.29, 1.82) is 0 Å². The highest BCUT2D eigenvalue weighted by atomic mass is 15.0. The van der Waals surface area contributed by atoms with Crippen LogP contribution in [0.4, 0.5) is 5.69 Å². The molecule has 0 saturated heterocycles. The molecule has 8 aromatic rings. The zero-order valence-electron chi connectivity index (χ0n) is 30.7. The lowest BCUT2D eigenvalue weighted by molar-refractivity contribution is 0.660. The largest absolute Gasteiger partial charge is 0.374 e. The first-order chi connectivity index (χ1) is 27.0. The van der Waals surface area contributed by atoms with Gasteiger partial charge in [-0.3, -0.25) is 0 Å². The van der Waals surface area contributed by atoms with Gasteiger partial charge in [0.1, 0.15) is 0 Å². The van der Waals surface area contributed by atoms with E-state index in [-0.39, 0.29) is 11.5 Å². The van der Waals surface area contributed by atoms with E-state index >= 15 is 0 Å². The number of rotatable bonds is 6. The lowest BCUT2D eigenvalue weighted by Crippen LogP contribution is -2.18. The molecule has 0 bridgehead atoms. The Labute approximate surface area is 322 Å². The van der Waals surface area contributed by atoms with Crippen LogP contribution in [0.25, 0.3) is 62.0 Å². The zero-order chi connectivity index (χ0) is 36.9. The molecule has 2 heterocycles. The summed E-state index contributed by atoms with van der Waals surface area (Å²) in [6.45, 7) is 4.69. The van der Waals surface area contributed by atoms with Gasteiger partial charge >= 0.3 is 0 Å². The average molecular weight is 707 g/mol. The molecule has 0 saturated carbocycles. The Morgan fingerprint density at radius 1 is 0.418 bits per heavy atom. The summed E-state index contributed by atoms with van der Waals surface area (Å²) >= 11 is 0. The highest BCUT2D eigenvalue weighted by Gasteiger charge is 2.37. The summed E-state index contributed by atoms with van der Waals surface area (Å²) in [6, 6.07) is 62.2. The maximum Gasteiger partial charge on any atom is 0.164 e. The third-order valence-corrected chi connectivity index (χ3v) is 11.1. The van der Waals surface area contributed by atoms with E-state index in [4.69, 9.17) is 15.0 Å². The summed E-state index contributed by atoms with van der Waals surface area (Å²) in [5.41, 5.74) is 16.4. The third kappa shape index (κ3) is 5.84. The summed E-state index contributed by atoms with van der Waals surface area (Å²) in [4.78, 5) is 14.9. The Hall–Kier alpha value is -6.91. The molecule has 0 fully saturated rings. The average Bonchev–Trinajstić information content (AvgIpc) is 3.48. The van der Waals surface area contributed by atoms with Gasteiger partial charge in [0.15, 0.2) is 17.5 Å². The zero-order valence-corrected chi connectivity index (χ0v) is 30.7. The van der Waals surface area contributed by atoms with E-state index in [9.17, 15) is 0 Å². The molecule has 1 aromatic heterocycles. The molecule has 1 aliphatic carbocycles. The van der Waals surface area contributed by atoms with Gasteiger partial charge in [-0.1, -0.05) is 166 Å². The van der Waals surface area contributed by atoms with E-state index < -0.39 is 0 Å². The quantitative estimate of drug-likeness (QED) is 0.187. The van der Waals surface area contributed by atoms with Crippen molar-refractivity contribution < 1.29 is 0 Å². The van der Waals surface area contributed by atoms with Crippen LogP contribution >= 0.6 is 0 Å². The van der Waals surface area contributed by atoms with Crippen LogP contribution in [0.15, 0.2) is 182 Å². The first kappa shape index (κ1) is 32.7. The monoisotopic (exact) mass is 706 g/mol. The third-order valence-electron chi connectivity index (χ3n) is 11.1. The normalized spacial score (nSPS) is 14.9. The lowest BCUT2D eigenvalue weighted by Gasteiger charge is -2.30. The Bertz CT molecular complexity index is 2690. The number of hydrogen-bond acceptors (Lipinski definition) is 4. The van der Waals surface area contributed by atoms with Gasteiger partial charge in [-0.25, -0.2) is 15.0 Å². The van der Waals surface area contributed by atoms with Crippen LogP contribution in [-0.4, -0.2) is 15.0 Å². The smallest absolute Gasteiger partial charge is 0.164 e. The first-order valence-corrected chi connectivity index (χ1v) is 18.9. The second-order valence-electron chi connectivity index (χ2n) is 14.9. The van der Waals surface area contributed by atoms with Crippen molar-refractivity contribution in [1.82, 2.24) is 15.0 Å². The fourth-order valence-electron chi connectivity index (χ4n) is 8.29. The maximum atomic E-state index is 5.00. The van der Waals surface area contributed by atoms with Gasteiger partial charge in [0, 0.05) is 33.4 Å². The fourth-order valence-corrected chi connectivity index (χ4v) is 8.29. The summed E-state index contributed by atoms with van der Waals surface area (Å²) < 4.78 is 0. The number of benzene rings is 7. The van der Waals surface area contributed by atoms with Gasteiger partial charge < -0.3 is 5.32 Å². The van der Waals surface area contributed by atoms with E-state index in [0.717, 1.165) is 33.5 Å². The molecule has 7 aromatic carbocycles. The number of nitrogens with one attached hydrogen (secondary N) is 1. The molecule has 1 atom stereocenters. The van der Waals surface area contributed by atoms with Crippen LogP contribution in [0.3, 0.4) is 0 Å². The number of fused-ring (bicyclic) bond motifs is 4. The molecule has 0 amide bonds. The van der Waals surface area contributed by atoms with Crippen molar-refractivity contribution in [2.24, 2.45) is 0 Å². The van der Waals surface area contributed by atoms with Gasteiger partial charge in [-0.05, 0) is 80.4 Å². The molecule has 55 heavy (non-hydrogen) atoms. The molecule has 1 aliphatic heterocycles. The minimum atomic E-state index is -0.0839. The molecular weight excluding hydrogens is 669 g/mol. The van der Waals surface area contributed by atoms with Gasteiger partial charge in [-0.15, -0.1) is 0 Å². The molecule has 0 spiro atoms. The molecule has 2 aliphatic rings. The van der Waals surface area contributed by atoms with E-state index in [1.165, 1.54) is 44.5 Å². The number of nitrogens with zero attached hydrogens (tertiary/aromatic N) is 3. The van der Waals surface area contributed by atoms with Crippen LogP contribution < -0.4 is 5.32 Å². The van der Waals surface area contributed by atoms with Crippen LogP contribution in [0.2, 0.25) is 0 Å². The van der Waals surface area contributed by atoms with Gasteiger partial charge in [-0.2, -0.15) is 0 Å². The van der Waals surface area contributed by atoms with Crippen molar-refractivity contribution in [3.05, 3.63) is 210 Å². The second kappa shape index (κ2) is 13.2. The highest BCUT2D eigenvalue weighted by molar-refractivity contribution is 5.95. The number of anilines is 1. The number of hydrogen-bond donors (Lipinski definition) is 1. The molecule has 0 radical (unpaired) electrons. The molecule has 262 valence electrons. The van der Waals surface area contributed by atoms with Crippen LogP contribution in [0.5, 0.6) is 0 Å². The summed E-state index contributed by atoms with van der Waals surface area (Å²) in [7, 11) is 0. The predicted octanol–water partition coefficient (Wildman–Crippen LogP) is 12.4. The highest BCUT2D eigenvalue weighted by Crippen LogP contribution is 2.52. The second-order valence-corrected chi connectivity index (χ2v) is 14.9. The van der Waals surface area contributed by atoms with Crippen LogP contribution in [0, 0.1) is 0 Å². The van der Waals surface area contributed by atoms with Gasteiger partial charge in [0.05, 0.1) is 6.04 Å². The van der Waals surface area contributed by atoms with E-state index in [0.29, 0.717) is 17.5 Å². The summed E-state index contributed by atoms with van der Waals surface area (Å²) in [5.74, 6) is 1.95. The summed E-state index contributed by atoms with van der Waals surface area (Å²) in [5, 5.41) is 3.92. The molecule has 1 N–H and O–H groups in total. The van der Waals surface area contributed by atoms with Crippen LogP contribution in [-0.2, 0) is 5.41 Å². The first-order valence-electron chi connectivity index (χ1n) is 18.9. The molecule has 4 heteroatoms. The van der Waals surface area contributed by atoms with Crippen molar-refractivity contribution in [3.63, 3.8) is 0 Å². The molecule has 4 nitrogen and oxygen atoms in total. The van der Waals surface area contributed by atoms with Crippen molar-refractivity contribution in [2.45, 2.75) is 25.3 Å². The minimum absolute atomic E-state index is 0.0297. The van der Waals surface area contributed by atoms with Gasteiger partial charge in [0.25, 0.3) is 0 Å².